The monoisotopic (exact) mass is 251 g/mol. The van der Waals surface area contributed by atoms with Crippen LogP contribution in [0, 0.1) is 11.8 Å². The van der Waals surface area contributed by atoms with Gasteiger partial charge in [0.25, 0.3) is 0 Å². The molecule has 3 unspecified atom stereocenters. The van der Waals surface area contributed by atoms with Crippen LogP contribution in [-0.4, -0.2) is 25.3 Å². The highest BCUT2D eigenvalue weighted by molar-refractivity contribution is 4.98. The first kappa shape index (κ1) is 12.9. The molecule has 1 N–H and O–H groups in total. The van der Waals surface area contributed by atoms with Crippen LogP contribution in [0.2, 0.25) is 0 Å². The van der Waals surface area contributed by atoms with Crippen molar-refractivity contribution in [2.75, 3.05) is 13.2 Å². The maximum Gasteiger partial charge on any atom is 0.0575 e. The maximum absolute atomic E-state index is 5.97. The lowest BCUT2D eigenvalue weighted by Crippen LogP contribution is -2.34. The third-order valence-corrected chi connectivity index (χ3v) is 5.22. The SMILES string of the molecule is C1CCC(OCCCNC2CCCC3CC32)CC1. The molecule has 0 spiro atoms. The quantitative estimate of drug-likeness (QED) is 0.730. The molecule has 3 aliphatic carbocycles. The third-order valence-electron chi connectivity index (χ3n) is 5.22. The summed E-state index contributed by atoms with van der Waals surface area (Å²) >= 11 is 0. The fraction of sp³-hybridized carbons (Fsp3) is 1.00. The van der Waals surface area contributed by atoms with Gasteiger partial charge in [0.2, 0.25) is 0 Å². The Hall–Kier alpha value is -0.0800. The summed E-state index contributed by atoms with van der Waals surface area (Å²) < 4.78 is 5.97. The van der Waals surface area contributed by atoms with Crippen LogP contribution in [0.4, 0.5) is 0 Å². The van der Waals surface area contributed by atoms with E-state index in [1.54, 1.807) is 0 Å². The molecule has 3 atom stereocenters. The summed E-state index contributed by atoms with van der Waals surface area (Å²) in [6.45, 7) is 2.14. The Bertz CT molecular complexity index is 249. The fourth-order valence-electron chi connectivity index (χ4n) is 4.00. The summed E-state index contributed by atoms with van der Waals surface area (Å²) in [5, 5.41) is 3.77. The average molecular weight is 251 g/mol. The van der Waals surface area contributed by atoms with E-state index in [1.807, 2.05) is 0 Å². The third kappa shape index (κ3) is 3.48. The highest BCUT2D eigenvalue weighted by Gasteiger charge is 2.44. The van der Waals surface area contributed by atoms with Crippen molar-refractivity contribution in [2.45, 2.75) is 76.4 Å². The molecular weight excluding hydrogens is 222 g/mol. The van der Waals surface area contributed by atoms with Gasteiger partial charge in [0, 0.05) is 12.6 Å². The van der Waals surface area contributed by atoms with E-state index in [2.05, 4.69) is 5.32 Å². The van der Waals surface area contributed by atoms with Crippen LogP contribution in [0.15, 0.2) is 0 Å². The van der Waals surface area contributed by atoms with E-state index in [0.717, 1.165) is 24.5 Å². The largest absolute Gasteiger partial charge is 0.378 e. The Kier molecular flexibility index (Phi) is 4.58. The number of nitrogens with one attached hydrogen (secondary N) is 1. The van der Waals surface area contributed by atoms with Gasteiger partial charge < -0.3 is 10.1 Å². The molecule has 3 saturated carbocycles. The Morgan fingerprint density at radius 3 is 2.72 bits per heavy atom. The van der Waals surface area contributed by atoms with Crippen molar-refractivity contribution in [3.05, 3.63) is 0 Å². The van der Waals surface area contributed by atoms with Crippen LogP contribution in [0.3, 0.4) is 0 Å². The zero-order valence-electron chi connectivity index (χ0n) is 11.7. The number of ether oxygens (including phenoxy) is 1. The zero-order valence-corrected chi connectivity index (χ0v) is 11.7. The average Bonchev–Trinajstić information content (AvgIpc) is 3.19. The van der Waals surface area contributed by atoms with Crippen molar-refractivity contribution in [1.29, 1.82) is 0 Å². The predicted octanol–water partition coefficient (Wildman–Crippen LogP) is 3.50. The lowest BCUT2D eigenvalue weighted by atomic mass is 9.95. The molecule has 0 aromatic rings. The second kappa shape index (κ2) is 6.38. The number of rotatable bonds is 6. The van der Waals surface area contributed by atoms with Crippen molar-refractivity contribution in [3.63, 3.8) is 0 Å². The van der Waals surface area contributed by atoms with Crippen LogP contribution in [-0.2, 0) is 4.74 Å². The summed E-state index contributed by atoms with van der Waals surface area (Å²) in [4.78, 5) is 0. The van der Waals surface area contributed by atoms with Gasteiger partial charge in [-0.15, -0.1) is 0 Å². The second-order valence-corrected chi connectivity index (χ2v) is 6.64. The minimum atomic E-state index is 0.584. The van der Waals surface area contributed by atoms with Crippen molar-refractivity contribution < 1.29 is 4.74 Å². The van der Waals surface area contributed by atoms with Crippen LogP contribution < -0.4 is 5.32 Å². The van der Waals surface area contributed by atoms with Crippen molar-refractivity contribution in [2.24, 2.45) is 11.8 Å². The molecule has 2 nitrogen and oxygen atoms in total. The molecule has 3 rings (SSSR count). The number of hydrogen-bond acceptors (Lipinski definition) is 2. The normalized spacial score (nSPS) is 36.3. The minimum Gasteiger partial charge on any atom is -0.378 e. The van der Waals surface area contributed by atoms with Gasteiger partial charge in [-0.1, -0.05) is 32.1 Å². The number of fused-ring (bicyclic) bond motifs is 1. The standard InChI is InChI=1S/C16H29NO/c1-2-7-14(8-3-1)18-11-5-10-17-16-9-4-6-13-12-15(13)16/h13-17H,1-12H2. The molecule has 2 heteroatoms. The molecule has 0 heterocycles. The first-order valence-electron chi connectivity index (χ1n) is 8.28. The van der Waals surface area contributed by atoms with Gasteiger partial charge in [0.15, 0.2) is 0 Å². The molecule has 0 saturated heterocycles. The van der Waals surface area contributed by atoms with E-state index in [1.165, 1.54) is 70.8 Å². The molecule has 0 aliphatic heterocycles. The van der Waals surface area contributed by atoms with Gasteiger partial charge >= 0.3 is 0 Å². The molecule has 3 fully saturated rings. The summed E-state index contributed by atoms with van der Waals surface area (Å²) in [7, 11) is 0. The molecule has 18 heavy (non-hydrogen) atoms. The van der Waals surface area contributed by atoms with E-state index in [0.29, 0.717) is 6.10 Å². The van der Waals surface area contributed by atoms with E-state index < -0.39 is 0 Å². The number of hydrogen-bond donors (Lipinski definition) is 1. The highest BCUT2D eigenvalue weighted by Crippen LogP contribution is 2.49. The minimum absolute atomic E-state index is 0.584. The van der Waals surface area contributed by atoms with E-state index in [9.17, 15) is 0 Å². The highest BCUT2D eigenvalue weighted by atomic mass is 16.5. The molecule has 0 amide bonds. The molecule has 104 valence electrons. The topological polar surface area (TPSA) is 21.3 Å². The van der Waals surface area contributed by atoms with Crippen LogP contribution in [0.5, 0.6) is 0 Å². The lowest BCUT2D eigenvalue weighted by Gasteiger charge is -2.24. The van der Waals surface area contributed by atoms with Crippen molar-refractivity contribution in [3.8, 4) is 0 Å². The second-order valence-electron chi connectivity index (χ2n) is 6.64. The van der Waals surface area contributed by atoms with Gasteiger partial charge in [-0.2, -0.15) is 0 Å². The summed E-state index contributed by atoms with van der Waals surface area (Å²) in [5.41, 5.74) is 0. The molecule has 0 aromatic carbocycles. The van der Waals surface area contributed by atoms with Crippen molar-refractivity contribution in [1.82, 2.24) is 5.32 Å². The van der Waals surface area contributed by atoms with Crippen molar-refractivity contribution >= 4 is 0 Å². The van der Waals surface area contributed by atoms with E-state index in [4.69, 9.17) is 4.74 Å². The maximum atomic E-state index is 5.97. The first-order chi connectivity index (χ1) is 8.93. The molecule has 3 aliphatic rings. The Labute approximate surface area is 112 Å². The van der Waals surface area contributed by atoms with E-state index in [-0.39, 0.29) is 0 Å². The van der Waals surface area contributed by atoms with Gasteiger partial charge in [0.05, 0.1) is 6.10 Å². The summed E-state index contributed by atoms with van der Waals surface area (Å²) in [6, 6.07) is 0.846. The molecule has 0 radical (unpaired) electrons. The molecular formula is C16H29NO. The van der Waals surface area contributed by atoms with Crippen LogP contribution in [0.1, 0.15) is 64.2 Å². The van der Waals surface area contributed by atoms with Crippen LogP contribution >= 0.6 is 0 Å². The van der Waals surface area contributed by atoms with Gasteiger partial charge in [-0.05, 0) is 50.5 Å². The van der Waals surface area contributed by atoms with Gasteiger partial charge in [-0.3, -0.25) is 0 Å². The summed E-state index contributed by atoms with van der Waals surface area (Å²) in [6.07, 6.45) is 14.5. The Balaban J connectivity index is 1.22. The zero-order chi connectivity index (χ0) is 12.2. The summed E-state index contributed by atoms with van der Waals surface area (Å²) in [5.74, 6) is 2.13. The van der Waals surface area contributed by atoms with E-state index >= 15 is 0 Å². The van der Waals surface area contributed by atoms with Crippen LogP contribution in [0.25, 0.3) is 0 Å². The first-order valence-corrected chi connectivity index (χ1v) is 8.28. The Morgan fingerprint density at radius 1 is 0.944 bits per heavy atom. The lowest BCUT2D eigenvalue weighted by molar-refractivity contribution is 0.0269. The smallest absolute Gasteiger partial charge is 0.0575 e. The molecule has 0 aromatic heterocycles. The predicted molar refractivity (Wildman–Crippen MR) is 74.7 cm³/mol. The molecule has 0 bridgehead atoms. The van der Waals surface area contributed by atoms with Gasteiger partial charge in [0.1, 0.15) is 0 Å². The Morgan fingerprint density at radius 2 is 1.83 bits per heavy atom. The van der Waals surface area contributed by atoms with Gasteiger partial charge in [-0.25, -0.2) is 0 Å². The fourth-order valence-corrected chi connectivity index (χ4v) is 4.00.